The van der Waals surface area contributed by atoms with Crippen molar-refractivity contribution in [3.05, 3.63) is 35.7 Å². The molecule has 3 aliphatic rings. The molecule has 1 N–H and O–H groups in total. The number of nitrogens with one attached hydrogen (secondary N) is 1. The van der Waals surface area contributed by atoms with Gasteiger partial charge >= 0.3 is 29.6 Å². The minimum atomic E-state index is -1.44. The monoisotopic (exact) mass is 555 g/mol. The first-order chi connectivity index (χ1) is 17.9. The summed E-state index contributed by atoms with van der Waals surface area (Å²) >= 11 is 0. The predicted octanol–water partition coefficient (Wildman–Crippen LogP) is -0.263. The number of ether oxygens (including phenoxy) is 7. The van der Waals surface area contributed by atoms with Gasteiger partial charge in [0.05, 0.1) is 53.1 Å². The topological polar surface area (TPSA) is 123 Å². The van der Waals surface area contributed by atoms with Crippen LogP contribution in [0.25, 0.3) is 11.0 Å². The van der Waals surface area contributed by atoms with Gasteiger partial charge in [-0.25, -0.2) is 4.98 Å². The molecular formula is C25H30N3NaO8S. The molecule has 3 aromatic rings. The van der Waals surface area contributed by atoms with Crippen molar-refractivity contribution in [1.29, 1.82) is 0 Å². The third-order valence-corrected chi connectivity index (χ3v) is 7.85. The summed E-state index contributed by atoms with van der Waals surface area (Å²) in [5, 5.41) is 0.373. The van der Waals surface area contributed by atoms with E-state index >= 15 is 0 Å². The van der Waals surface area contributed by atoms with Gasteiger partial charge in [-0.05, 0) is 19.9 Å². The minimum Gasteiger partial charge on any atom is -1.00 e. The molecule has 1 atom stereocenters. The quantitative estimate of drug-likeness (QED) is 0.390. The Morgan fingerprint density at radius 1 is 1.08 bits per heavy atom. The van der Waals surface area contributed by atoms with E-state index in [4.69, 9.17) is 33.2 Å². The zero-order valence-corrected chi connectivity index (χ0v) is 24.6. The number of benzene rings is 1. The van der Waals surface area contributed by atoms with Crippen molar-refractivity contribution < 1.29 is 68.4 Å². The van der Waals surface area contributed by atoms with Crippen LogP contribution in [0.15, 0.2) is 29.6 Å². The first-order valence-corrected chi connectivity index (χ1v) is 13.5. The van der Waals surface area contributed by atoms with Gasteiger partial charge < -0.3 is 39.6 Å². The number of aromatic amines is 1. The summed E-state index contributed by atoms with van der Waals surface area (Å²) in [6.07, 6.45) is 2.17. The molecule has 0 radical (unpaired) electrons. The van der Waals surface area contributed by atoms with Crippen molar-refractivity contribution in [3.63, 3.8) is 0 Å². The maximum absolute atomic E-state index is 13.2. The Bertz CT molecular complexity index is 1280. The van der Waals surface area contributed by atoms with Crippen molar-refractivity contribution in [2.24, 2.45) is 0 Å². The van der Waals surface area contributed by atoms with Gasteiger partial charge in [-0.2, -0.15) is 0 Å². The number of hydrogen-bond acceptors (Lipinski definition) is 10. The van der Waals surface area contributed by atoms with Crippen LogP contribution in [0.5, 0.6) is 17.2 Å². The summed E-state index contributed by atoms with van der Waals surface area (Å²) in [5.41, 5.74) is 2.92. The minimum absolute atomic E-state index is 0. The maximum Gasteiger partial charge on any atom is 1.00 e. The van der Waals surface area contributed by atoms with Crippen molar-refractivity contribution >= 4 is 21.8 Å². The Morgan fingerprint density at radius 3 is 2.53 bits per heavy atom. The van der Waals surface area contributed by atoms with E-state index in [1.807, 2.05) is 19.9 Å². The average Bonchev–Trinajstić information content (AvgIpc) is 3.54. The van der Waals surface area contributed by atoms with E-state index in [9.17, 15) is 4.21 Å². The molecule has 200 valence electrons. The normalized spacial score (nSPS) is 20.3. The number of rotatable bonds is 7. The number of hydrogen-bond donors (Lipinski definition) is 1. The van der Waals surface area contributed by atoms with Gasteiger partial charge in [0, 0.05) is 30.3 Å². The molecule has 0 saturated carbocycles. The zero-order valence-electron chi connectivity index (χ0n) is 22.7. The molecule has 1 spiro atoms. The molecule has 11 nitrogen and oxygen atoms in total. The fourth-order valence-corrected chi connectivity index (χ4v) is 5.55. The zero-order chi connectivity index (χ0) is 25.5. The van der Waals surface area contributed by atoms with Crippen LogP contribution in [0.3, 0.4) is 0 Å². The van der Waals surface area contributed by atoms with Gasteiger partial charge in [-0.15, -0.1) is 0 Å². The largest absolute Gasteiger partial charge is 1.00 e. The standard InChI is InChI=1S/C25H29N3O8S.Na.H/c1-16-19(13-37(29)23-27-17-11-21-22(12-18(17)28-23)32-8-7-31-21)26-5-3-20(16)30-6-4-24(2)35-14-25(15-36-24)33-9-10-34-25;;/h3,5,11-12H,4,6-10,13-15H2,1-2H3,(H,27,28);;/q;+1;-1. The molecule has 38 heavy (non-hydrogen) atoms. The number of pyridine rings is 1. The van der Waals surface area contributed by atoms with Crippen LogP contribution in [0.1, 0.15) is 26.0 Å². The predicted molar refractivity (Wildman–Crippen MR) is 132 cm³/mol. The van der Waals surface area contributed by atoms with E-state index in [1.54, 1.807) is 18.3 Å². The Hall–Kier alpha value is -1.77. The van der Waals surface area contributed by atoms with Crippen LogP contribution in [-0.2, 0) is 35.5 Å². The average molecular weight is 556 g/mol. The molecule has 2 aromatic heterocycles. The Balaban J connectivity index is 0.00000176. The molecule has 0 aliphatic carbocycles. The van der Waals surface area contributed by atoms with Crippen LogP contribution in [-0.4, -0.2) is 77.0 Å². The summed E-state index contributed by atoms with van der Waals surface area (Å²) in [4.78, 5) is 12.1. The molecule has 3 aliphatic heterocycles. The van der Waals surface area contributed by atoms with E-state index in [1.165, 1.54) is 0 Å². The SMILES string of the molecule is Cc1c(OCCC2(C)OCC3(CO2)OCCO3)ccnc1CS(=O)c1nc2cc3c(cc2[nH]1)OCCO3.[H-].[Na+]. The maximum atomic E-state index is 13.2. The second-order valence-corrected chi connectivity index (χ2v) is 10.7. The van der Waals surface area contributed by atoms with Crippen molar-refractivity contribution in [2.45, 2.75) is 42.8 Å². The first kappa shape index (κ1) is 27.8. The summed E-state index contributed by atoms with van der Waals surface area (Å²) in [5.74, 6) is 0.589. The summed E-state index contributed by atoms with van der Waals surface area (Å²) in [7, 11) is -1.44. The fourth-order valence-electron chi connectivity index (χ4n) is 4.45. The number of H-pyrrole nitrogens is 1. The Labute approximate surface area is 246 Å². The summed E-state index contributed by atoms with van der Waals surface area (Å²) in [6, 6.07) is 5.42. The smallest absolute Gasteiger partial charge is 1.00 e. The molecule has 13 heteroatoms. The summed E-state index contributed by atoms with van der Waals surface area (Å²) < 4.78 is 53.5. The second-order valence-electron chi connectivity index (χ2n) is 9.34. The molecule has 0 bridgehead atoms. The van der Waals surface area contributed by atoms with E-state index in [2.05, 4.69) is 15.0 Å². The molecule has 2 saturated heterocycles. The van der Waals surface area contributed by atoms with Crippen LogP contribution in [0.4, 0.5) is 0 Å². The molecular weight excluding hydrogens is 525 g/mol. The van der Waals surface area contributed by atoms with Crippen LogP contribution < -0.4 is 43.8 Å². The van der Waals surface area contributed by atoms with Crippen LogP contribution in [0.2, 0.25) is 0 Å². The van der Waals surface area contributed by atoms with Crippen molar-refractivity contribution in [2.75, 3.05) is 46.2 Å². The number of fused-ring (bicyclic) bond motifs is 2. The number of imidazole rings is 1. The van der Waals surface area contributed by atoms with Crippen LogP contribution in [0, 0.1) is 6.92 Å². The van der Waals surface area contributed by atoms with Crippen LogP contribution >= 0.6 is 0 Å². The first-order valence-electron chi connectivity index (χ1n) is 12.2. The van der Waals surface area contributed by atoms with Gasteiger partial charge in [-0.3, -0.25) is 9.19 Å². The number of nitrogens with zero attached hydrogens (tertiary/aromatic N) is 2. The molecule has 0 amide bonds. The Kier molecular flexibility index (Phi) is 8.32. The van der Waals surface area contributed by atoms with E-state index < -0.39 is 22.4 Å². The Morgan fingerprint density at radius 2 is 1.79 bits per heavy atom. The van der Waals surface area contributed by atoms with E-state index in [0.29, 0.717) is 86.3 Å². The fraction of sp³-hybridized carbons (Fsp3) is 0.520. The molecule has 2 fully saturated rings. The van der Waals surface area contributed by atoms with Gasteiger partial charge in [0.2, 0.25) is 5.79 Å². The van der Waals surface area contributed by atoms with Gasteiger partial charge in [-0.1, -0.05) is 0 Å². The van der Waals surface area contributed by atoms with Gasteiger partial charge in [0.25, 0.3) is 0 Å². The third-order valence-electron chi connectivity index (χ3n) is 6.69. The van der Waals surface area contributed by atoms with E-state index in [-0.39, 0.29) is 36.7 Å². The third kappa shape index (κ3) is 5.73. The molecule has 6 rings (SSSR count). The van der Waals surface area contributed by atoms with Gasteiger partial charge in [0.1, 0.15) is 32.2 Å². The number of aromatic nitrogens is 3. The second kappa shape index (κ2) is 11.4. The molecule has 1 unspecified atom stereocenters. The molecule has 5 heterocycles. The van der Waals surface area contributed by atoms with Crippen molar-refractivity contribution in [1.82, 2.24) is 15.0 Å². The van der Waals surface area contributed by atoms with Crippen molar-refractivity contribution in [3.8, 4) is 17.2 Å². The van der Waals surface area contributed by atoms with Gasteiger partial charge in [0.15, 0.2) is 22.4 Å². The molecule has 1 aromatic carbocycles. The summed E-state index contributed by atoms with van der Waals surface area (Å²) in [6.45, 7) is 6.88. The van der Waals surface area contributed by atoms with E-state index in [0.717, 1.165) is 11.1 Å².